The maximum atomic E-state index is 12.6. The number of carbonyl (C=O) groups is 4. The van der Waals surface area contributed by atoms with Crippen LogP contribution in [0.4, 0.5) is 5.69 Å². The van der Waals surface area contributed by atoms with Crippen molar-refractivity contribution in [1.82, 2.24) is 16.0 Å². The SMILES string of the molecule is CNC(=O)[C@H](C)NC(=O)c1cccc(/C=C/c2cccc(NC(=O)[C@@H](NC(C)=O)C(C)C)c2)c1. The molecule has 2 rings (SSSR count). The van der Waals surface area contributed by atoms with E-state index >= 15 is 0 Å². The molecule has 8 heteroatoms. The van der Waals surface area contributed by atoms with Gasteiger partial charge in [-0.05, 0) is 48.2 Å². The third-order valence-corrected chi connectivity index (χ3v) is 5.07. The van der Waals surface area contributed by atoms with Gasteiger partial charge in [-0.2, -0.15) is 0 Å². The van der Waals surface area contributed by atoms with Gasteiger partial charge in [-0.15, -0.1) is 0 Å². The van der Waals surface area contributed by atoms with E-state index in [2.05, 4.69) is 21.3 Å². The fourth-order valence-corrected chi connectivity index (χ4v) is 3.23. The first-order valence-electron chi connectivity index (χ1n) is 11.1. The quantitative estimate of drug-likeness (QED) is 0.427. The molecule has 180 valence electrons. The van der Waals surface area contributed by atoms with E-state index in [4.69, 9.17) is 0 Å². The molecular formula is C26H32N4O4. The molecule has 0 unspecified atom stereocenters. The second-order valence-corrected chi connectivity index (χ2v) is 8.31. The first-order valence-corrected chi connectivity index (χ1v) is 11.1. The van der Waals surface area contributed by atoms with Gasteiger partial charge in [-0.3, -0.25) is 19.2 Å². The van der Waals surface area contributed by atoms with Gasteiger partial charge >= 0.3 is 0 Å². The maximum Gasteiger partial charge on any atom is 0.251 e. The molecule has 0 heterocycles. The monoisotopic (exact) mass is 464 g/mol. The standard InChI is InChI=1S/C26H32N4O4/c1-16(2)23(29-18(4)31)26(34)30-22-11-7-9-20(15-22)13-12-19-8-6-10-21(14-19)25(33)28-17(3)24(32)27-5/h6-17,23H,1-5H3,(H,27,32)(H,28,33)(H,29,31)(H,30,34)/b13-12+/t17-,23-/m0/s1. The highest BCUT2D eigenvalue weighted by molar-refractivity contribution is 5.98. The molecule has 0 aliphatic carbocycles. The summed E-state index contributed by atoms with van der Waals surface area (Å²) < 4.78 is 0. The van der Waals surface area contributed by atoms with Crippen molar-refractivity contribution in [3.05, 3.63) is 65.2 Å². The van der Waals surface area contributed by atoms with Gasteiger partial charge in [0.25, 0.3) is 5.91 Å². The average Bonchev–Trinajstić information content (AvgIpc) is 2.80. The minimum atomic E-state index is -0.643. The molecule has 0 spiro atoms. The molecule has 34 heavy (non-hydrogen) atoms. The van der Waals surface area contributed by atoms with Gasteiger partial charge in [0.05, 0.1) is 0 Å². The second-order valence-electron chi connectivity index (χ2n) is 8.31. The van der Waals surface area contributed by atoms with E-state index in [-0.39, 0.29) is 29.5 Å². The fraction of sp³-hybridized carbons (Fsp3) is 0.308. The normalized spacial score (nSPS) is 12.6. The molecule has 0 fully saturated rings. The van der Waals surface area contributed by atoms with Crippen molar-refractivity contribution in [3.8, 4) is 0 Å². The van der Waals surface area contributed by atoms with Crippen LogP contribution in [0.15, 0.2) is 48.5 Å². The number of anilines is 1. The van der Waals surface area contributed by atoms with Gasteiger partial charge in [-0.25, -0.2) is 0 Å². The first-order chi connectivity index (χ1) is 16.1. The summed E-state index contributed by atoms with van der Waals surface area (Å²) in [5, 5.41) is 10.7. The minimum absolute atomic E-state index is 0.0594. The van der Waals surface area contributed by atoms with E-state index < -0.39 is 12.1 Å². The third-order valence-electron chi connectivity index (χ3n) is 5.07. The zero-order valence-corrected chi connectivity index (χ0v) is 20.1. The van der Waals surface area contributed by atoms with Gasteiger partial charge < -0.3 is 21.3 Å². The number of hydrogen-bond acceptors (Lipinski definition) is 4. The highest BCUT2D eigenvalue weighted by Crippen LogP contribution is 2.16. The predicted molar refractivity (Wildman–Crippen MR) is 134 cm³/mol. The fourth-order valence-electron chi connectivity index (χ4n) is 3.23. The van der Waals surface area contributed by atoms with Crippen molar-refractivity contribution < 1.29 is 19.2 Å². The van der Waals surface area contributed by atoms with Crippen LogP contribution in [0.2, 0.25) is 0 Å². The van der Waals surface area contributed by atoms with Crippen molar-refractivity contribution in [3.63, 3.8) is 0 Å². The average molecular weight is 465 g/mol. The van der Waals surface area contributed by atoms with Gasteiger partial charge in [0, 0.05) is 25.2 Å². The summed E-state index contributed by atoms with van der Waals surface area (Å²) in [6.45, 7) is 6.74. The Bertz CT molecular complexity index is 1080. The molecule has 4 amide bonds. The van der Waals surface area contributed by atoms with Crippen molar-refractivity contribution in [2.45, 2.75) is 39.8 Å². The highest BCUT2D eigenvalue weighted by Gasteiger charge is 2.23. The summed E-state index contributed by atoms with van der Waals surface area (Å²) in [6.07, 6.45) is 3.72. The molecule has 2 aromatic carbocycles. The summed E-state index contributed by atoms with van der Waals surface area (Å²) in [6, 6.07) is 13.1. The van der Waals surface area contributed by atoms with Crippen LogP contribution in [-0.2, 0) is 14.4 Å². The Labute approximate surface area is 200 Å². The van der Waals surface area contributed by atoms with Crippen LogP contribution in [-0.4, -0.2) is 42.8 Å². The van der Waals surface area contributed by atoms with Crippen LogP contribution < -0.4 is 21.3 Å². The van der Waals surface area contributed by atoms with Gasteiger partial charge in [0.15, 0.2) is 0 Å². The Morgan fingerprint density at radius 3 is 2.03 bits per heavy atom. The Hall–Kier alpha value is -3.94. The molecular weight excluding hydrogens is 432 g/mol. The lowest BCUT2D eigenvalue weighted by molar-refractivity contribution is -0.126. The lowest BCUT2D eigenvalue weighted by Crippen LogP contribution is -2.46. The molecule has 0 saturated carbocycles. The lowest BCUT2D eigenvalue weighted by Gasteiger charge is -2.21. The summed E-state index contributed by atoms with van der Waals surface area (Å²) in [5.41, 5.74) is 2.71. The summed E-state index contributed by atoms with van der Waals surface area (Å²) in [7, 11) is 1.52. The predicted octanol–water partition coefficient (Wildman–Crippen LogP) is 2.82. The van der Waals surface area contributed by atoms with E-state index in [1.54, 1.807) is 31.2 Å². The van der Waals surface area contributed by atoms with E-state index in [0.717, 1.165) is 11.1 Å². The number of likely N-dealkylation sites (N-methyl/N-ethyl adjacent to an activating group) is 1. The van der Waals surface area contributed by atoms with Crippen molar-refractivity contribution in [2.24, 2.45) is 5.92 Å². The molecule has 2 aromatic rings. The number of nitrogens with one attached hydrogen (secondary N) is 4. The Balaban J connectivity index is 2.11. The Kier molecular flexibility index (Phi) is 9.55. The van der Waals surface area contributed by atoms with Crippen LogP contribution in [0.3, 0.4) is 0 Å². The Morgan fingerprint density at radius 2 is 1.44 bits per heavy atom. The largest absolute Gasteiger partial charge is 0.357 e. The van der Waals surface area contributed by atoms with Crippen LogP contribution in [0.1, 0.15) is 49.2 Å². The third kappa shape index (κ3) is 7.88. The second kappa shape index (κ2) is 12.3. The number of amides is 4. The number of benzene rings is 2. The first kappa shape index (κ1) is 26.3. The highest BCUT2D eigenvalue weighted by atomic mass is 16.2. The number of hydrogen-bond donors (Lipinski definition) is 4. The molecule has 0 aliphatic heterocycles. The smallest absolute Gasteiger partial charge is 0.251 e. The van der Waals surface area contributed by atoms with Crippen LogP contribution in [0.25, 0.3) is 12.2 Å². The van der Waals surface area contributed by atoms with Gasteiger partial charge in [-0.1, -0.05) is 50.3 Å². The van der Waals surface area contributed by atoms with Gasteiger partial charge in [0.1, 0.15) is 12.1 Å². The zero-order chi connectivity index (χ0) is 25.3. The van der Waals surface area contributed by atoms with Crippen molar-refractivity contribution >= 4 is 41.5 Å². The van der Waals surface area contributed by atoms with Crippen LogP contribution in [0.5, 0.6) is 0 Å². The molecule has 4 N–H and O–H groups in total. The topological polar surface area (TPSA) is 116 Å². The maximum absolute atomic E-state index is 12.6. The number of rotatable bonds is 9. The molecule has 0 radical (unpaired) electrons. The summed E-state index contributed by atoms with van der Waals surface area (Å²) in [5.74, 6) is -1.21. The van der Waals surface area contributed by atoms with E-state index in [9.17, 15) is 19.2 Å². The summed E-state index contributed by atoms with van der Waals surface area (Å²) in [4.78, 5) is 48.1. The lowest BCUT2D eigenvalue weighted by atomic mass is 10.0. The van der Waals surface area contributed by atoms with E-state index in [1.165, 1.54) is 14.0 Å². The minimum Gasteiger partial charge on any atom is -0.357 e. The van der Waals surface area contributed by atoms with E-state index in [0.29, 0.717) is 11.3 Å². The summed E-state index contributed by atoms with van der Waals surface area (Å²) >= 11 is 0. The molecule has 0 bridgehead atoms. The van der Waals surface area contributed by atoms with Crippen LogP contribution >= 0.6 is 0 Å². The zero-order valence-electron chi connectivity index (χ0n) is 20.1. The molecule has 8 nitrogen and oxygen atoms in total. The van der Waals surface area contributed by atoms with E-state index in [1.807, 2.05) is 50.3 Å². The number of carbonyl (C=O) groups excluding carboxylic acids is 4. The molecule has 2 atom stereocenters. The van der Waals surface area contributed by atoms with Crippen molar-refractivity contribution in [2.75, 3.05) is 12.4 Å². The van der Waals surface area contributed by atoms with Gasteiger partial charge in [0.2, 0.25) is 17.7 Å². The molecule has 0 aromatic heterocycles. The Morgan fingerprint density at radius 1 is 0.824 bits per heavy atom. The van der Waals surface area contributed by atoms with Crippen LogP contribution in [0, 0.1) is 5.92 Å². The molecule has 0 saturated heterocycles. The molecule has 0 aliphatic rings. The van der Waals surface area contributed by atoms with Crippen molar-refractivity contribution in [1.29, 1.82) is 0 Å².